The number of esters is 1. The third kappa shape index (κ3) is 2.50. The molecule has 1 aromatic rings. The zero-order valence-electron chi connectivity index (χ0n) is 9.27. The van der Waals surface area contributed by atoms with Crippen LogP contribution in [0.1, 0.15) is 22.0 Å². The molecule has 0 spiro atoms. The minimum atomic E-state index is -0.862. The summed E-state index contributed by atoms with van der Waals surface area (Å²) in [6.45, 7) is 0.0565. The molecule has 1 unspecified atom stereocenters. The molecule has 0 radical (unpaired) electrons. The molecule has 0 heterocycles. The molecule has 1 rings (SSSR count). The Kier molecular flexibility index (Phi) is 4.28. The largest absolute Gasteiger partial charge is 0.496 e. The Morgan fingerprint density at radius 3 is 2.69 bits per heavy atom. The number of carbonyl (C=O) groups excluding carboxylic acids is 1. The SMILES string of the molecule is COC(=O)c1ccc(OC)c(C(O)CN)c1. The summed E-state index contributed by atoms with van der Waals surface area (Å²) in [7, 11) is 2.78. The molecule has 5 nitrogen and oxygen atoms in total. The number of methoxy groups -OCH3 is 2. The van der Waals surface area contributed by atoms with Crippen molar-refractivity contribution in [2.75, 3.05) is 20.8 Å². The van der Waals surface area contributed by atoms with Gasteiger partial charge < -0.3 is 20.3 Å². The Hall–Kier alpha value is -1.59. The van der Waals surface area contributed by atoms with Crippen molar-refractivity contribution < 1.29 is 19.4 Å². The van der Waals surface area contributed by atoms with Crippen LogP contribution >= 0.6 is 0 Å². The summed E-state index contributed by atoms with van der Waals surface area (Å²) in [5, 5.41) is 9.66. The summed E-state index contributed by atoms with van der Waals surface area (Å²) in [6, 6.07) is 4.68. The lowest BCUT2D eigenvalue weighted by molar-refractivity contribution is 0.0600. The smallest absolute Gasteiger partial charge is 0.337 e. The maximum absolute atomic E-state index is 11.3. The van der Waals surface area contributed by atoms with Gasteiger partial charge in [0.1, 0.15) is 5.75 Å². The molecular weight excluding hydrogens is 210 g/mol. The van der Waals surface area contributed by atoms with Crippen molar-refractivity contribution in [3.05, 3.63) is 29.3 Å². The monoisotopic (exact) mass is 225 g/mol. The average molecular weight is 225 g/mol. The van der Waals surface area contributed by atoms with E-state index in [9.17, 15) is 9.90 Å². The number of aliphatic hydroxyl groups excluding tert-OH is 1. The van der Waals surface area contributed by atoms with Crippen molar-refractivity contribution in [2.24, 2.45) is 5.73 Å². The predicted molar refractivity (Wildman–Crippen MR) is 58.3 cm³/mol. The zero-order chi connectivity index (χ0) is 12.1. The maximum atomic E-state index is 11.3. The van der Waals surface area contributed by atoms with E-state index in [1.807, 2.05) is 0 Å². The van der Waals surface area contributed by atoms with Gasteiger partial charge >= 0.3 is 5.97 Å². The number of aliphatic hydroxyl groups is 1. The Morgan fingerprint density at radius 2 is 2.19 bits per heavy atom. The second-order valence-corrected chi connectivity index (χ2v) is 3.20. The van der Waals surface area contributed by atoms with Gasteiger partial charge in [0.05, 0.1) is 25.9 Å². The number of benzene rings is 1. The molecular formula is C11H15NO4. The Balaban J connectivity index is 3.15. The topological polar surface area (TPSA) is 81.8 Å². The van der Waals surface area contributed by atoms with Crippen LogP contribution in [0.2, 0.25) is 0 Å². The first kappa shape index (κ1) is 12.5. The van der Waals surface area contributed by atoms with Crippen LogP contribution in [0.15, 0.2) is 18.2 Å². The highest BCUT2D eigenvalue weighted by Gasteiger charge is 2.15. The van der Waals surface area contributed by atoms with Gasteiger partial charge in [-0.25, -0.2) is 4.79 Å². The third-order valence-corrected chi connectivity index (χ3v) is 2.23. The predicted octanol–water partition coefficient (Wildman–Crippen LogP) is 0.474. The number of rotatable bonds is 4. The standard InChI is InChI=1S/C11H15NO4/c1-15-10-4-3-7(11(14)16-2)5-8(10)9(13)6-12/h3-5,9,13H,6,12H2,1-2H3. The summed E-state index contributed by atoms with van der Waals surface area (Å²) in [4.78, 5) is 11.3. The molecule has 0 aliphatic rings. The number of hydrogen-bond acceptors (Lipinski definition) is 5. The molecule has 1 atom stereocenters. The van der Waals surface area contributed by atoms with Gasteiger partial charge in [0.15, 0.2) is 0 Å². The maximum Gasteiger partial charge on any atom is 0.337 e. The summed E-state index contributed by atoms with van der Waals surface area (Å²) in [6.07, 6.45) is -0.862. The molecule has 0 aliphatic carbocycles. The lowest BCUT2D eigenvalue weighted by Crippen LogP contribution is -2.13. The molecule has 0 fully saturated rings. The van der Waals surface area contributed by atoms with E-state index in [2.05, 4.69) is 4.74 Å². The van der Waals surface area contributed by atoms with Crippen molar-refractivity contribution >= 4 is 5.97 Å². The average Bonchev–Trinajstić information content (AvgIpc) is 2.35. The minimum Gasteiger partial charge on any atom is -0.496 e. The van der Waals surface area contributed by atoms with E-state index in [0.29, 0.717) is 16.9 Å². The van der Waals surface area contributed by atoms with Crippen LogP contribution in [-0.2, 0) is 4.74 Å². The second-order valence-electron chi connectivity index (χ2n) is 3.20. The molecule has 88 valence electrons. The quantitative estimate of drug-likeness (QED) is 0.728. The van der Waals surface area contributed by atoms with E-state index in [4.69, 9.17) is 10.5 Å². The molecule has 16 heavy (non-hydrogen) atoms. The fraction of sp³-hybridized carbons (Fsp3) is 0.364. The van der Waals surface area contributed by atoms with E-state index in [-0.39, 0.29) is 6.54 Å². The van der Waals surface area contributed by atoms with Gasteiger partial charge in [0, 0.05) is 12.1 Å². The summed E-state index contributed by atoms with van der Waals surface area (Å²) in [5.41, 5.74) is 6.20. The summed E-state index contributed by atoms with van der Waals surface area (Å²) < 4.78 is 9.65. The molecule has 5 heteroatoms. The van der Waals surface area contributed by atoms with Gasteiger partial charge in [0.25, 0.3) is 0 Å². The Bertz CT molecular complexity index is 378. The van der Waals surface area contributed by atoms with Crippen LogP contribution in [0.3, 0.4) is 0 Å². The Labute approximate surface area is 93.8 Å². The molecule has 0 bridgehead atoms. The first-order valence-corrected chi connectivity index (χ1v) is 4.78. The number of carbonyl (C=O) groups is 1. The fourth-order valence-electron chi connectivity index (χ4n) is 1.37. The highest BCUT2D eigenvalue weighted by molar-refractivity contribution is 5.89. The van der Waals surface area contributed by atoms with Crippen molar-refractivity contribution in [2.45, 2.75) is 6.10 Å². The van der Waals surface area contributed by atoms with Gasteiger partial charge in [-0.1, -0.05) is 0 Å². The van der Waals surface area contributed by atoms with Gasteiger partial charge in [-0.05, 0) is 18.2 Å². The first-order valence-electron chi connectivity index (χ1n) is 4.78. The molecule has 0 aromatic heterocycles. The van der Waals surface area contributed by atoms with E-state index < -0.39 is 12.1 Å². The van der Waals surface area contributed by atoms with E-state index >= 15 is 0 Å². The van der Waals surface area contributed by atoms with Gasteiger partial charge in [0.2, 0.25) is 0 Å². The zero-order valence-corrected chi connectivity index (χ0v) is 9.27. The fourth-order valence-corrected chi connectivity index (χ4v) is 1.37. The third-order valence-electron chi connectivity index (χ3n) is 2.23. The van der Waals surface area contributed by atoms with Gasteiger partial charge in [-0.2, -0.15) is 0 Å². The van der Waals surface area contributed by atoms with E-state index in [1.54, 1.807) is 12.1 Å². The van der Waals surface area contributed by atoms with Crippen LogP contribution in [0, 0.1) is 0 Å². The highest BCUT2D eigenvalue weighted by Crippen LogP contribution is 2.26. The lowest BCUT2D eigenvalue weighted by atomic mass is 10.0. The number of hydrogen-bond donors (Lipinski definition) is 2. The number of nitrogens with two attached hydrogens (primary N) is 1. The lowest BCUT2D eigenvalue weighted by Gasteiger charge is -2.13. The van der Waals surface area contributed by atoms with Crippen LogP contribution < -0.4 is 10.5 Å². The van der Waals surface area contributed by atoms with Crippen LogP contribution in [0.25, 0.3) is 0 Å². The van der Waals surface area contributed by atoms with E-state index in [1.165, 1.54) is 20.3 Å². The second kappa shape index (κ2) is 5.48. The van der Waals surface area contributed by atoms with E-state index in [0.717, 1.165) is 0 Å². The Morgan fingerprint density at radius 1 is 1.50 bits per heavy atom. The van der Waals surface area contributed by atoms with Gasteiger partial charge in [-0.3, -0.25) is 0 Å². The molecule has 0 saturated carbocycles. The normalized spacial score (nSPS) is 12.0. The van der Waals surface area contributed by atoms with Crippen LogP contribution in [0.4, 0.5) is 0 Å². The van der Waals surface area contributed by atoms with Crippen molar-refractivity contribution in [3.63, 3.8) is 0 Å². The minimum absolute atomic E-state index is 0.0565. The number of ether oxygens (including phenoxy) is 2. The molecule has 0 aliphatic heterocycles. The molecule has 1 aromatic carbocycles. The summed E-state index contributed by atoms with van der Waals surface area (Å²) in [5.74, 6) is 0.0266. The molecule has 0 saturated heterocycles. The first-order chi connectivity index (χ1) is 7.63. The van der Waals surface area contributed by atoms with Crippen molar-refractivity contribution in [1.29, 1.82) is 0 Å². The van der Waals surface area contributed by atoms with Crippen molar-refractivity contribution in [3.8, 4) is 5.75 Å². The van der Waals surface area contributed by atoms with Crippen LogP contribution in [-0.4, -0.2) is 31.8 Å². The molecule has 3 N–H and O–H groups in total. The summed E-state index contributed by atoms with van der Waals surface area (Å²) >= 11 is 0. The molecule has 0 amide bonds. The highest BCUT2D eigenvalue weighted by atomic mass is 16.5. The van der Waals surface area contributed by atoms with Gasteiger partial charge in [-0.15, -0.1) is 0 Å². The van der Waals surface area contributed by atoms with Crippen molar-refractivity contribution in [1.82, 2.24) is 0 Å². The van der Waals surface area contributed by atoms with Crippen LogP contribution in [0.5, 0.6) is 5.75 Å².